The number of halogens is 1. The molecule has 0 N–H and O–H groups in total. The van der Waals surface area contributed by atoms with Crippen molar-refractivity contribution in [2.75, 3.05) is 13.7 Å². The summed E-state index contributed by atoms with van der Waals surface area (Å²) >= 11 is 5.92. The Morgan fingerprint density at radius 2 is 1.93 bits per heavy atom. The van der Waals surface area contributed by atoms with Gasteiger partial charge >= 0.3 is 0 Å². The monoisotopic (exact) mass is 383 g/mol. The van der Waals surface area contributed by atoms with Crippen LogP contribution in [0.15, 0.2) is 53.1 Å². The number of carbonyl (C=O) groups is 1. The lowest BCUT2D eigenvalue weighted by atomic mass is 10.1. The van der Waals surface area contributed by atoms with Gasteiger partial charge in [-0.2, -0.15) is 4.98 Å². The Labute approximate surface area is 161 Å². The van der Waals surface area contributed by atoms with E-state index in [1.54, 1.807) is 7.11 Å². The second-order valence-corrected chi connectivity index (χ2v) is 6.92. The van der Waals surface area contributed by atoms with Crippen LogP contribution in [0.5, 0.6) is 5.75 Å². The van der Waals surface area contributed by atoms with Crippen LogP contribution in [0.25, 0.3) is 11.5 Å². The molecule has 0 spiro atoms. The standard InChI is InChI=1S/C20H18ClN3O3/c1-26-17-8-4-14(5-9-17)20-22-19(23-27-20)15-10-18(25)24(12-15)11-13-2-6-16(21)7-3-13/h2-9,15H,10-12H2,1H3. The predicted octanol–water partition coefficient (Wildman–Crippen LogP) is 3.91. The number of hydrogen-bond acceptors (Lipinski definition) is 5. The van der Waals surface area contributed by atoms with Crippen molar-refractivity contribution in [2.24, 2.45) is 0 Å². The molecule has 3 aromatic rings. The molecule has 0 aliphatic carbocycles. The summed E-state index contributed by atoms with van der Waals surface area (Å²) in [4.78, 5) is 18.7. The summed E-state index contributed by atoms with van der Waals surface area (Å²) in [6.45, 7) is 1.12. The first-order valence-electron chi connectivity index (χ1n) is 8.62. The number of amides is 1. The average molecular weight is 384 g/mol. The highest BCUT2D eigenvalue weighted by atomic mass is 35.5. The highest BCUT2D eigenvalue weighted by molar-refractivity contribution is 6.30. The van der Waals surface area contributed by atoms with E-state index in [0.717, 1.165) is 16.9 Å². The lowest BCUT2D eigenvalue weighted by molar-refractivity contribution is -0.128. The smallest absolute Gasteiger partial charge is 0.257 e. The number of likely N-dealkylation sites (tertiary alicyclic amines) is 1. The predicted molar refractivity (Wildman–Crippen MR) is 101 cm³/mol. The molecule has 6 nitrogen and oxygen atoms in total. The van der Waals surface area contributed by atoms with Crippen molar-refractivity contribution in [3.63, 3.8) is 0 Å². The maximum absolute atomic E-state index is 12.4. The Balaban J connectivity index is 1.45. The van der Waals surface area contributed by atoms with E-state index in [4.69, 9.17) is 20.9 Å². The van der Waals surface area contributed by atoms with Crippen LogP contribution in [0.3, 0.4) is 0 Å². The van der Waals surface area contributed by atoms with Crippen LogP contribution in [0.2, 0.25) is 5.02 Å². The number of nitrogens with zero attached hydrogens (tertiary/aromatic N) is 3. The molecule has 7 heteroatoms. The molecular weight excluding hydrogens is 366 g/mol. The van der Waals surface area contributed by atoms with Crippen molar-refractivity contribution >= 4 is 17.5 Å². The third-order valence-electron chi connectivity index (χ3n) is 4.65. The highest BCUT2D eigenvalue weighted by Gasteiger charge is 2.33. The van der Waals surface area contributed by atoms with Gasteiger partial charge in [0.25, 0.3) is 5.89 Å². The average Bonchev–Trinajstić information content (AvgIpc) is 3.31. The Morgan fingerprint density at radius 1 is 1.19 bits per heavy atom. The topological polar surface area (TPSA) is 68.5 Å². The number of carbonyl (C=O) groups excluding carboxylic acids is 1. The summed E-state index contributed by atoms with van der Waals surface area (Å²) in [6.07, 6.45) is 0.384. The Morgan fingerprint density at radius 3 is 2.63 bits per heavy atom. The van der Waals surface area contributed by atoms with Gasteiger partial charge in [-0.1, -0.05) is 28.9 Å². The van der Waals surface area contributed by atoms with Crippen molar-refractivity contribution in [1.29, 1.82) is 0 Å². The summed E-state index contributed by atoms with van der Waals surface area (Å²) < 4.78 is 10.5. The summed E-state index contributed by atoms with van der Waals surface area (Å²) in [5.41, 5.74) is 1.86. The minimum atomic E-state index is -0.0689. The van der Waals surface area contributed by atoms with Crippen molar-refractivity contribution in [2.45, 2.75) is 18.9 Å². The van der Waals surface area contributed by atoms with Crippen LogP contribution < -0.4 is 4.74 Å². The van der Waals surface area contributed by atoms with Crippen molar-refractivity contribution in [3.8, 4) is 17.2 Å². The van der Waals surface area contributed by atoms with Gasteiger partial charge < -0.3 is 14.2 Å². The van der Waals surface area contributed by atoms with Crippen LogP contribution in [0.1, 0.15) is 23.7 Å². The molecule has 1 fully saturated rings. The third-order valence-corrected chi connectivity index (χ3v) is 4.90. The van der Waals surface area contributed by atoms with Crippen molar-refractivity contribution in [1.82, 2.24) is 15.0 Å². The van der Waals surface area contributed by atoms with Gasteiger partial charge in [0.2, 0.25) is 5.91 Å². The van der Waals surface area contributed by atoms with Crippen LogP contribution in [-0.4, -0.2) is 34.6 Å². The van der Waals surface area contributed by atoms with Crippen LogP contribution >= 0.6 is 11.6 Å². The van der Waals surface area contributed by atoms with Crippen LogP contribution in [-0.2, 0) is 11.3 Å². The summed E-state index contributed by atoms with van der Waals surface area (Å²) in [7, 11) is 1.62. The molecule has 0 bridgehead atoms. The summed E-state index contributed by atoms with van der Waals surface area (Å²) in [5.74, 6) is 1.79. The van der Waals surface area contributed by atoms with Gasteiger partial charge in [0.05, 0.1) is 7.11 Å². The number of ether oxygens (including phenoxy) is 1. The fourth-order valence-corrected chi connectivity index (χ4v) is 3.29. The normalized spacial score (nSPS) is 16.7. The number of methoxy groups -OCH3 is 1. The first-order chi connectivity index (χ1) is 13.1. The number of aromatic nitrogens is 2. The maximum atomic E-state index is 12.4. The molecule has 1 unspecified atom stereocenters. The lowest BCUT2D eigenvalue weighted by Crippen LogP contribution is -2.24. The first kappa shape index (κ1) is 17.5. The van der Waals surface area contributed by atoms with E-state index in [0.29, 0.717) is 36.2 Å². The minimum Gasteiger partial charge on any atom is -0.497 e. The molecule has 138 valence electrons. The Bertz CT molecular complexity index is 938. The minimum absolute atomic E-state index is 0.0689. The highest BCUT2D eigenvalue weighted by Crippen LogP contribution is 2.29. The van der Waals surface area contributed by atoms with Gasteiger partial charge in [0.15, 0.2) is 5.82 Å². The molecule has 0 saturated carbocycles. The Hall–Kier alpha value is -2.86. The third kappa shape index (κ3) is 3.80. The molecule has 1 aliphatic rings. The molecule has 1 atom stereocenters. The lowest BCUT2D eigenvalue weighted by Gasteiger charge is -2.16. The van der Waals surface area contributed by atoms with E-state index >= 15 is 0 Å². The first-order valence-corrected chi connectivity index (χ1v) is 9.00. The van der Waals surface area contributed by atoms with Gasteiger partial charge in [-0.15, -0.1) is 0 Å². The molecule has 4 rings (SSSR count). The van der Waals surface area contributed by atoms with E-state index in [9.17, 15) is 4.79 Å². The maximum Gasteiger partial charge on any atom is 0.257 e. The molecule has 1 saturated heterocycles. The molecule has 27 heavy (non-hydrogen) atoms. The molecule has 2 heterocycles. The summed E-state index contributed by atoms with van der Waals surface area (Å²) in [5, 5.41) is 4.77. The van der Waals surface area contributed by atoms with Gasteiger partial charge in [0.1, 0.15) is 5.75 Å². The van der Waals surface area contributed by atoms with E-state index in [2.05, 4.69) is 10.1 Å². The number of benzene rings is 2. The fourth-order valence-electron chi connectivity index (χ4n) is 3.16. The van der Waals surface area contributed by atoms with E-state index in [1.165, 1.54) is 0 Å². The molecule has 2 aromatic carbocycles. The van der Waals surface area contributed by atoms with Gasteiger partial charge in [0, 0.05) is 36.0 Å². The number of rotatable bonds is 5. The van der Waals surface area contributed by atoms with Gasteiger partial charge in [-0.3, -0.25) is 4.79 Å². The van der Waals surface area contributed by atoms with Gasteiger partial charge in [-0.05, 0) is 42.0 Å². The number of hydrogen-bond donors (Lipinski definition) is 0. The zero-order valence-electron chi connectivity index (χ0n) is 14.8. The SMILES string of the molecule is COc1ccc(-c2nc(C3CC(=O)N(Cc4ccc(Cl)cc4)C3)no2)cc1. The van der Waals surface area contributed by atoms with Crippen molar-refractivity contribution < 1.29 is 14.1 Å². The van der Waals surface area contributed by atoms with Crippen LogP contribution in [0, 0.1) is 0 Å². The zero-order valence-corrected chi connectivity index (χ0v) is 15.5. The Kier molecular flexibility index (Phi) is 4.81. The van der Waals surface area contributed by atoms with E-state index in [-0.39, 0.29) is 11.8 Å². The molecule has 1 aliphatic heterocycles. The van der Waals surface area contributed by atoms with Crippen molar-refractivity contribution in [3.05, 3.63) is 64.9 Å². The largest absolute Gasteiger partial charge is 0.497 e. The molecule has 0 radical (unpaired) electrons. The fraction of sp³-hybridized carbons (Fsp3) is 0.250. The second kappa shape index (κ2) is 7.40. The molecule has 1 amide bonds. The second-order valence-electron chi connectivity index (χ2n) is 6.49. The quantitative estimate of drug-likeness (QED) is 0.668. The zero-order chi connectivity index (χ0) is 18.8. The van der Waals surface area contributed by atoms with E-state index in [1.807, 2.05) is 53.4 Å². The van der Waals surface area contributed by atoms with Gasteiger partial charge in [-0.25, -0.2) is 0 Å². The molecular formula is C20H18ClN3O3. The summed E-state index contributed by atoms with van der Waals surface area (Å²) in [6, 6.07) is 14.9. The molecule has 1 aromatic heterocycles. The van der Waals surface area contributed by atoms with E-state index < -0.39 is 0 Å². The van der Waals surface area contributed by atoms with Crippen LogP contribution in [0.4, 0.5) is 0 Å².